The van der Waals surface area contributed by atoms with Crippen LogP contribution in [0.4, 0.5) is 0 Å². The van der Waals surface area contributed by atoms with Gasteiger partial charge < -0.3 is 9.64 Å². The van der Waals surface area contributed by atoms with E-state index in [1.807, 2.05) is 30.5 Å². The van der Waals surface area contributed by atoms with Crippen molar-refractivity contribution in [3.8, 4) is 5.75 Å². The number of ether oxygens (including phenoxy) is 1. The first-order chi connectivity index (χ1) is 13.0. The number of hydrogen-bond donors (Lipinski definition) is 0. The predicted molar refractivity (Wildman–Crippen MR) is 106 cm³/mol. The lowest BCUT2D eigenvalue weighted by molar-refractivity contribution is -0.125. The van der Waals surface area contributed by atoms with Crippen LogP contribution in [-0.4, -0.2) is 61.0 Å². The van der Waals surface area contributed by atoms with Gasteiger partial charge in [0.25, 0.3) is 5.91 Å². The Bertz CT molecular complexity index is 1010. The second kappa shape index (κ2) is 7.10. The lowest BCUT2D eigenvalue weighted by Crippen LogP contribution is -2.52. The van der Waals surface area contributed by atoms with Crippen LogP contribution in [0, 0.1) is 0 Å². The summed E-state index contributed by atoms with van der Waals surface area (Å²) in [6.07, 6.45) is 1.98. The Labute approximate surface area is 161 Å². The normalized spacial score (nSPS) is 20.3. The van der Waals surface area contributed by atoms with Gasteiger partial charge in [-0.3, -0.25) is 4.79 Å². The third-order valence-electron chi connectivity index (χ3n) is 4.74. The Kier molecular flexibility index (Phi) is 4.79. The van der Waals surface area contributed by atoms with E-state index in [0.717, 1.165) is 10.6 Å². The molecule has 2 aliphatic heterocycles. The summed E-state index contributed by atoms with van der Waals surface area (Å²) in [4.78, 5) is 15.9. The van der Waals surface area contributed by atoms with Gasteiger partial charge in [0, 0.05) is 31.1 Å². The van der Waals surface area contributed by atoms with Gasteiger partial charge in [-0.25, -0.2) is 8.42 Å². The van der Waals surface area contributed by atoms with E-state index in [4.69, 9.17) is 4.74 Å². The molecule has 1 atom stereocenters. The molecule has 0 spiro atoms. The van der Waals surface area contributed by atoms with Crippen LogP contribution in [0.2, 0.25) is 0 Å². The summed E-state index contributed by atoms with van der Waals surface area (Å²) < 4.78 is 32.7. The van der Waals surface area contributed by atoms with Gasteiger partial charge in [-0.05, 0) is 30.5 Å². The molecule has 142 valence electrons. The summed E-state index contributed by atoms with van der Waals surface area (Å²) in [5.41, 5.74) is 0. The average molecular weight is 405 g/mol. The van der Waals surface area contributed by atoms with Crippen LogP contribution in [0.3, 0.4) is 0 Å². The second-order valence-corrected chi connectivity index (χ2v) is 10.1. The molecule has 8 heteroatoms. The minimum absolute atomic E-state index is 0.145. The molecule has 2 heterocycles. The predicted octanol–water partition coefficient (Wildman–Crippen LogP) is 2.00. The number of amides is 1. The molecular formula is C19H20N2O4S2. The molecule has 2 aliphatic rings. The number of para-hydroxylation sites is 1. The molecule has 0 saturated carbocycles. The van der Waals surface area contributed by atoms with Crippen LogP contribution in [0.5, 0.6) is 5.75 Å². The molecule has 1 unspecified atom stereocenters. The van der Waals surface area contributed by atoms with E-state index in [1.54, 1.807) is 35.2 Å². The number of piperazine rings is 1. The quantitative estimate of drug-likeness (QED) is 0.734. The summed E-state index contributed by atoms with van der Waals surface area (Å²) >= 11 is 0. The fourth-order valence-corrected chi connectivity index (χ4v) is 6.17. The van der Waals surface area contributed by atoms with Crippen LogP contribution in [0.1, 0.15) is 0 Å². The van der Waals surface area contributed by atoms with Crippen molar-refractivity contribution in [2.45, 2.75) is 9.79 Å². The third kappa shape index (κ3) is 3.28. The highest BCUT2D eigenvalue weighted by molar-refractivity contribution is 8.16. The van der Waals surface area contributed by atoms with Gasteiger partial charge in [-0.2, -0.15) is 4.31 Å². The zero-order chi connectivity index (χ0) is 19.0. The number of fused-ring (bicyclic) bond motifs is 1. The van der Waals surface area contributed by atoms with Crippen molar-refractivity contribution in [3.05, 3.63) is 54.6 Å². The van der Waals surface area contributed by atoms with Crippen molar-refractivity contribution in [1.82, 2.24) is 9.21 Å². The number of benzene rings is 2. The molecule has 1 amide bonds. The van der Waals surface area contributed by atoms with Gasteiger partial charge in [0.15, 0.2) is 0 Å². The Morgan fingerprint density at radius 1 is 0.963 bits per heavy atom. The molecule has 1 saturated heterocycles. The van der Waals surface area contributed by atoms with E-state index in [2.05, 4.69) is 0 Å². The molecule has 0 aromatic heterocycles. The molecular weight excluding hydrogens is 384 g/mol. The Hall–Kier alpha value is -2.16. The SMILES string of the molecule is CS1=C(C(=O)N2CCN(S(=O)(=O)c3ccccc3)CC2)Oc2ccccc21. The van der Waals surface area contributed by atoms with Gasteiger partial charge in [0.05, 0.1) is 4.90 Å². The van der Waals surface area contributed by atoms with Crippen molar-refractivity contribution in [2.24, 2.45) is 0 Å². The highest BCUT2D eigenvalue weighted by atomic mass is 32.2. The van der Waals surface area contributed by atoms with Crippen LogP contribution < -0.4 is 4.74 Å². The van der Waals surface area contributed by atoms with E-state index in [9.17, 15) is 13.2 Å². The minimum Gasteiger partial charge on any atom is -0.444 e. The maximum atomic E-state index is 12.9. The van der Waals surface area contributed by atoms with Crippen molar-refractivity contribution >= 4 is 31.5 Å². The highest BCUT2D eigenvalue weighted by Gasteiger charge is 2.34. The molecule has 1 fully saturated rings. The smallest absolute Gasteiger partial charge is 0.296 e. The topological polar surface area (TPSA) is 66.9 Å². The first-order valence-electron chi connectivity index (χ1n) is 8.63. The van der Waals surface area contributed by atoms with Crippen LogP contribution in [-0.2, 0) is 14.8 Å². The van der Waals surface area contributed by atoms with Crippen LogP contribution in [0.25, 0.3) is 0 Å². The fraction of sp³-hybridized carbons (Fsp3) is 0.263. The summed E-state index contributed by atoms with van der Waals surface area (Å²) in [5, 5.41) is 0.440. The summed E-state index contributed by atoms with van der Waals surface area (Å²) in [5.74, 6) is 0.589. The van der Waals surface area contributed by atoms with E-state index in [1.165, 1.54) is 4.31 Å². The Balaban J connectivity index is 1.46. The van der Waals surface area contributed by atoms with E-state index in [0.29, 0.717) is 18.1 Å². The Morgan fingerprint density at radius 2 is 1.59 bits per heavy atom. The van der Waals surface area contributed by atoms with Gasteiger partial charge in [-0.15, -0.1) is 10.5 Å². The second-order valence-electron chi connectivity index (χ2n) is 6.36. The Morgan fingerprint density at radius 3 is 2.26 bits per heavy atom. The van der Waals surface area contributed by atoms with E-state index >= 15 is 0 Å². The van der Waals surface area contributed by atoms with Crippen LogP contribution >= 0.6 is 10.5 Å². The number of sulfonamides is 1. The molecule has 0 radical (unpaired) electrons. The first-order valence-corrected chi connectivity index (χ1v) is 11.7. The van der Waals surface area contributed by atoms with Gasteiger partial charge in [0.1, 0.15) is 5.75 Å². The van der Waals surface area contributed by atoms with Crippen LogP contribution in [0.15, 0.2) is 64.4 Å². The maximum Gasteiger partial charge on any atom is 0.296 e. The zero-order valence-corrected chi connectivity index (χ0v) is 16.5. The van der Waals surface area contributed by atoms with Gasteiger partial charge in [-0.1, -0.05) is 30.3 Å². The number of nitrogens with zero attached hydrogens (tertiary/aromatic N) is 2. The van der Waals surface area contributed by atoms with Crippen molar-refractivity contribution in [1.29, 1.82) is 0 Å². The molecule has 27 heavy (non-hydrogen) atoms. The van der Waals surface area contributed by atoms with E-state index in [-0.39, 0.29) is 23.9 Å². The molecule has 2 aromatic carbocycles. The fourth-order valence-electron chi connectivity index (χ4n) is 3.23. The lowest BCUT2D eigenvalue weighted by atomic mass is 10.3. The summed E-state index contributed by atoms with van der Waals surface area (Å²) in [7, 11) is -3.93. The van der Waals surface area contributed by atoms with Crippen molar-refractivity contribution in [2.75, 3.05) is 32.4 Å². The molecule has 0 aliphatic carbocycles. The number of carbonyl (C=O) groups excluding carboxylic acids is 1. The van der Waals surface area contributed by atoms with E-state index < -0.39 is 20.5 Å². The standard InChI is InChI=1S/C19H20N2O4S2/c1-26-17-10-6-5-9-16(17)25-19(26)18(22)20-11-13-21(14-12-20)27(23,24)15-7-3-2-4-8-15/h2-10H,11-14H2,1H3. The molecule has 0 N–H and O–H groups in total. The van der Waals surface area contributed by atoms with Crippen molar-refractivity contribution < 1.29 is 17.9 Å². The molecule has 2 aromatic rings. The largest absolute Gasteiger partial charge is 0.444 e. The average Bonchev–Trinajstić information content (AvgIpc) is 3.05. The maximum absolute atomic E-state index is 12.9. The zero-order valence-electron chi connectivity index (χ0n) is 14.9. The number of hydrogen-bond acceptors (Lipinski definition) is 4. The van der Waals surface area contributed by atoms with Gasteiger partial charge in [0.2, 0.25) is 15.1 Å². The monoisotopic (exact) mass is 404 g/mol. The molecule has 0 bridgehead atoms. The lowest BCUT2D eigenvalue weighted by Gasteiger charge is -2.34. The summed E-state index contributed by atoms with van der Waals surface area (Å²) in [6.45, 7) is 1.26. The molecule has 6 nitrogen and oxygen atoms in total. The first kappa shape index (κ1) is 18.2. The number of rotatable bonds is 3. The highest BCUT2D eigenvalue weighted by Crippen LogP contribution is 2.40. The van der Waals surface area contributed by atoms with Crippen molar-refractivity contribution in [3.63, 3.8) is 0 Å². The summed E-state index contributed by atoms with van der Waals surface area (Å²) in [6, 6.07) is 16.1. The molecule has 4 rings (SSSR count). The number of carbonyl (C=O) groups is 1. The minimum atomic E-state index is -3.53. The third-order valence-corrected chi connectivity index (χ3v) is 8.47. The van der Waals surface area contributed by atoms with Gasteiger partial charge >= 0.3 is 0 Å².